The first-order valence-electron chi connectivity index (χ1n) is 5.70. The van der Waals surface area contributed by atoms with E-state index in [9.17, 15) is 9.18 Å². The minimum atomic E-state index is -0.361. The van der Waals surface area contributed by atoms with Crippen LogP contribution in [0.3, 0.4) is 0 Å². The molecule has 0 fully saturated rings. The molecule has 5 heteroatoms. The molecule has 1 aromatic carbocycles. The van der Waals surface area contributed by atoms with Crippen LogP contribution in [0.5, 0.6) is 5.75 Å². The summed E-state index contributed by atoms with van der Waals surface area (Å²) in [6.45, 7) is 0.544. The van der Waals surface area contributed by atoms with E-state index in [1.165, 1.54) is 19.4 Å². The molecule has 94 valence electrons. The van der Waals surface area contributed by atoms with E-state index in [0.29, 0.717) is 30.0 Å². The van der Waals surface area contributed by atoms with Gasteiger partial charge in [-0.1, -0.05) is 0 Å². The number of carbonyl (C=O) groups is 1. The number of anilines is 1. The van der Waals surface area contributed by atoms with Gasteiger partial charge in [0.15, 0.2) is 6.61 Å². The highest BCUT2D eigenvalue weighted by molar-refractivity contribution is 6.02. The highest BCUT2D eigenvalue weighted by atomic mass is 19.1. The average Bonchev–Trinajstić information content (AvgIpc) is 2.37. The zero-order chi connectivity index (χ0) is 12.7. The summed E-state index contributed by atoms with van der Waals surface area (Å²) in [5, 5.41) is 0. The van der Waals surface area contributed by atoms with Gasteiger partial charge in [-0.2, -0.15) is 0 Å². The van der Waals surface area contributed by atoms with Crippen LogP contribution in [0.1, 0.15) is 12.0 Å². The van der Waals surface area contributed by atoms with Gasteiger partial charge in [0.25, 0.3) is 5.91 Å². The van der Waals surface area contributed by atoms with Crippen molar-refractivity contribution in [3.8, 4) is 5.75 Å². The summed E-state index contributed by atoms with van der Waals surface area (Å²) in [4.78, 5) is 13.4. The second kappa shape index (κ2) is 4.01. The molecule has 0 N–H and O–H groups in total. The summed E-state index contributed by atoms with van der Waals surface area (Å²) >= 11 is 0. The number of carbonyl (C=O) groups excluding carboxylic acids is 1. The van der Waals surface area contributed by atoms with Crippen molar-refractivity contribution < 1.29 is 18.7 Å². The van der Waals surface area contributed by atoms with Crippen molar-refractivity contribution in [1.82, 2.24) is 0 Å². The predicted molar refractivity (Wildman–Crippen MR) is 63.9 cm³/mol. The summed E-state index contributed by atoms with van der Waals surface area (Å²) in [7, 11) is 1.52. The first-order valence-corrected chi connectivity index (χ1v) is 5.70. The Labute approximate surface area is 104 Å². The molecule has 0 aromatic heterocycles. The quantitative estimate of drug-likeness (QED) is 0.714. The monoisotopic (exact) mass is 249 g/mol. The molecule has 4 nitrogen and oxygen atoms in total. The summed E-state index contributed by atoms with van der Waals surface area (Å²) in [6, 6.07) is 2.92. The molecule has 0 radical (unpaired) electrons. The van der Waals surface area contributed by atoms with Crippen LogP contribution >= 0.6 is 0 Å². The fourth-order valence-electron chi connectivity index (χ4n) is 2.43. The number of ether oxygens (including phenoxy) is 2. The maximum absolute atomic E-state index is 14.0. The number of rotatable bonds is 1. The number of halogens is 1. The van der Waals surface area contributed by atoms with Gasteiger partial charge in [-0.15, -0.1) is 0 Å². The third kappa shape index (κ3) is 1.47. The Morgan fingerprint density at radius 1 is 1.50 bits per heavy atom. The van der Waals surface area contributed by atoms with Crippen molar-refractivity contribution >= 4 is 17.2 Å². The van der Waals surface area contributed by atoms with Gasteiger partial charge in [0.05, 0.1) is 19.1 Å². The van der Waals surface area contributed by atoms with Gasteiger partial charge < -0.3 is 14.4 Å². The van der Waals surface area contributed by atoms with Gasteiger partial charge in [-0.25, -0.2) is 4.39 Å². The minimum absolute atomic E-state index is 0.0153. The first-order chi connectivity index (χ1) is 8.72. The molecule has 2 heterocycles. The molecule has 18 heavy (non-hydrogen) atoms. The molecule has 0 saturated heterocycles. The van der Waals surface area contributed by atoms with E-state index in [0.717, 1.165) is 5.57 Å². The van der Waals surface area contributed by atoms with Crippen molar-refractivity contribution in [2.24, 2.45) is 0 Å². The zero-order valence-corrected chi connectivity index (χ0v) is 9.90. The maximum Gasteiger partial charge on any atom is 0.265 e. The number of methoxy groups -OCH3 is 1. The number of nitrogens with zero attached hydrogens (tertiary/aromatic N) is 1. The third-order valence-electron chi connectivity index (χ3n) is 3.20. The van der Waals surface area contributed by atoms with E-state index in [2.05, 4.69) is 0 Å². The van der Waals surface area contributed by atoms with Gasteiger partial charge in [-0.3, -0.25) is 4.79 Å². The highest BCUT2D eigenvalue weighted by Crippen LogP contribution is 2.44. The SMILES string of the molecule is COC=C1CCN2C(=O)COc3ccc(F)c1c32. The minimum Gasteiger partial charge on any atom is -0.504 e. The summed E-state index contributed by atoms with van der Waals surface area (Å²) in [5.41, 5.74) is 1.69. The second-order valence-corrected chi connectivity index (χ2v) is 4.23. The lowest BCUT2D eigenvalue weighted by molar-refractivity contribution is -0.121. The van der Waals surface area contributed by atoms with Crippen LogP contribution in [-0.2, 0) is 9.53 Å². The van der Waals surface area contributed by atoms with Crippen LogP contribution < -0.4 is 9.64 Å². The fourth-order valence-corrected chi connectivity index (χ4v) is 2.43. The largest absolute Gasteiger partial charge is 0.504 e. The smallest absolute Gasteiger partial charge is 0.265 e. The van der Waals surface area contributed by atoms with Crippen molar-refractivity contribution in [2.75, 3.05) is 25.2 Å². The Morgan fingerprint density at radius 2 is 2.33 bits per heavy atom. The van der Waals surface area contributed by atoms with E-state index < -0.39 is 0 Å². The molecule has 3 rings (SSSR count). The van der Waals surface area contributed by atoms with Crippen molar-refractivity contribution in [3.63, 3.8) is 0 Å². The highest BCUT2D eigenvalue weighted by Gasteiger charge is 2.34. The Bertz CT molecular complexity index is 553. The third-order valence-corrected chi connectivity index (χ3v) is 3.20. The second-order valence-electron chi connectivity index (χ2n) is 4.23. The molecule has 0 bridgehead atoms. The molecular weight excluding hydrogens is 237 g/mol. The molecular formula is C13H12FNO3. The average molecular weight is 249 g/mol. The maximum atomic E-state index is 14.0. The van der Waals surface area contributed by atoms with Gasteiger partial charge in [-0.05, 0) is 18.6 Å². The van der Waals surface area contributed by atoms with E-state index in [1.54, 1.807) is 11.0 Å². The normalized spacial score (nSPS) is 19.6. The van der Waals surface area contributed by atoms with Gasteiger partial charge >= 0.3 is 0 Å². The Morgan fingerprint density at radius 3 is 3.11 bits per heavy atom. The topological polar surface area (TPSA) is 38.8 Å². The lowest BCUT2D eigenvalue weighted by atomic mass is 9.95. The van der Waals surface area contributed by atoms with Crippen LogP contribution in [0.15, 0.2) is 18.4 Å². The van der Waals surface area contributed by atoms with Gasteiger partial charge in [0, 0.05) is 17.7 Å². The summed E-state index contributed by atoms with van der Waals surface area (Å²) < 4.78 is 24.3. The molecule has 0 unspecified atom stereocenters. The van der Waals surface area contributed by atoms with Crippen LogP contribution in [0.25, 0.3) is 5.57 Å². The molecule has 0 saturated carbocycles. The zero-order valence-electron chi connectivity index (χ0n) is 9.90. The van der Waals surface area contributed by atoms with Crippen LogP contribution in [0.2, 0.25) is 0 Å². The van der Waals surface area contributed by atoms with Crippen LogP contribution in [-0.4, -0.2) is 26.2 Å². The molecule has 0 spiro atoms. The van der Waals surface area contributed by atoms with Crippen molar-refractivity contribution in [3.05, 3.63) is 29.8 Å². The molecule has 0 aliphatic carbocycles. The Balaban J connectivity index is 2.25. The van der Waals surface area contributed by atoms with Crippen LogP contribution in [0.4, 0.5) is 10.1 Å². The van der Waals surface area contributed by atoms with E-state index in [-0.39, 0.29) is 18.3 Å². The number of amides is 1. The van der Waals surface area contributed by atoms with E-state index in [4.69, 9.17) is 9.47 Å². The fraction of sp³-hybridized carbons (Fsp3) is 0.308. The van der Waals surface area contributed by atoms with Gasteiger partial charge in [0.1, 0.15) is 11.6 Å². The number of hydrogen-bond acceptors (Lipinski definition) is 3. The molecule has 2 aliphatic rings. The van der Waals surface area contributed by atoms with Crippen LogP contribution in [0, 0.1) is 5.82 Å². The Kier molecular flexibility index (Phi) is 2.47. The molecule has 1 amide bonds. The number of benzene rings is 1. The summed E-state index contributed by atoms with van der Waals surface area (Å²) in [6.07, 6.45) is 2.10. The predicted octanol–water partition coefficient (Wildman–Crippen LogP) is 1.94. The summed E-state index contributed by atoms with van der Waals surface area (Å²) in [5.74, 6) is 0.0542. The van der Waals surface area contributed by atoms with Crippen molar-refractivity contribution in [1.29, 1.82) is 0 Å². The first kappa shape index (κ1) is 11.1. The van der Waals surface area contributed by atoms with Gasteiger partial charge in [0.2, 0.25) is 0 Å². The number of hydrogen-bond donors (Lipinski definition) is 0. The van der Waals surface area contributed by atoms with E-state index in [1.807, 2.05) is 0 Å². The Hall–Kier alpha value is -2.04. The molecule has 0 atom stereocenters. The molecule has 1 aromatic rings. The lowest BCUT2D eigenvalue weighted by Crippen LogP contribution is -2.42. The molecule has 2 aliphatic heterocycles. The standard InChI is InChI=1S/C13H12FNO3/c1-17-6-8-4-5-15-11(16)7-18-10-3-2-9(14)12(8)13(10)15/h2-3,6H,4-5,7H2,1H3. The van der Waals surface area contributed by atoms with E-state index >= 15 is 0 Å². The lowest BCUT2D eigenvalue weighted by Gasteiger charge is -2.35. The van der Waals surface area contributed by atoms with Crippen molar-refractivity contribution in [2.45, 2.75) is 6.42 Å².